The Balaban J connectivity index is 1.53. The van der Waals surface area contributed by atoms with Crippen molar-refractivity contribution in [2.75, 3.05) is 25.0 Å². The third-order valence-electron chi connectivity index (χ3n) is 4.45. The van der Waals surface area contributed by atoms with Gasteiger partial charge in [-0.05, 0) is 44.9 Å². The zero-order chi connectivity index (χ0) is 17.6. The number of piperidine rings is 1. The number of likely N-dealkylation sites (tertiary alicyclic amines) is 1. The Bertz CT molecular complexity index is 707. The molecule has 1 aliphatic heterocycles. The lowest BCUT2D eigenvalue weighted by Gasteiger charge is -2.32. The molecule has 0 radical (unpaired) electrons. The van der Waals surface area contributed by atoms with Crippen molar-refractivity contribution in [3.05, 3.63) is 35.3 Å². The lowest BCUT2D eigenvalue weighted by atomic mass is 10.1. The van der Waals surface area contributed by atoms with Crippen LogP contribution in [-0.2, 0) is 0 Å². The number of nitrogens with one attached hydrogen (secondary N) is 2. The van der Waals surface area contributed by atoms with Crippen LogP contribution in [0.5, 0.6) is 0 Å². The number of hydrogen-bond donors (Lipinski definition) is 2. The number of aryl methyl sites for hydroxylation is 1. The summed E-state index contributed by atoms with van der Waals surface area (Å²) >= 11 is 1.62. The van der Waals surface area contributed by atoms with Gasteiger partial charge in [0.15, 0.2) is 0 Å². The highest BCUT2D eigenvalue weighted by molar-refractivity contribution is 7.13. The fourth-order valence-corrected chi connectivity index (χ4v) is 3.98. The van der Waals surface area contributed by atoms with Crippen molar-refractivity contribution < 1.29 is 4.79 Å². The normalized spacial score (nSPS) is 15.9. The zero-order valence-corrected chi connectivity index (χ0v) is 15.7. The second-order valence-electron chi connectivity index (χ2n) is 6.59. The molecule has 1 saturated heterocycles. The third-order valence-corrected chi connectivity index (χ3v) is 5.46. The minimum Gasteiger partial charge on any atom is -0.335 e. The number of anilines is 1. The van der Waals surface area contributed by atoms with Crippen molar-refractivity contribution >= 4 is 23.1 Å². The summed E-state index contributed by atoms with van der Waals surface area (Å²) < 4.78 is 0. The van der Waals surface area contributed by atoms with Gasteiger partial charge in [-0.1, -0.05) is 19.1 Å². The van der Waals surface area contributed by atoms with Gasteiger partial charge in [-0.25, -0.2) is 9.78 Å². The highest BCUT2D eigenvalue weighted by Gasteiger charge is 2.20. The molecule has 2 N–H and O–H groups in total. The van der Waals surface area contributed by atoms with Crippen molar-refractivity contribution in [1.29, 1.82) is 0 Å². The monoisotopic (exact) mass is 358 g/mol. The van der Waals surface area contributed by atoms with Crippen LogP contribution < -0.4 is 10.6 Å². The van der Waals surface area contributed by atoms with Crippen LogP contribution in [0, 0.1) is 6.92 Å². The minimum atomic E-state index is -0.124. The van der Waals surface area contributed by atoms with Crippen molar-refractivity contribution in [3.8, 4) is 10.6 Å². The molecule has 5 nitrogen and oxygen atoms in total. The molecular weight excluding hydrogens is 332 g/mol. The molecule has 0 saturated carbocycles. The summed E-state index contributed by atoms with van der Waals surface area (Å²) in [6.45, 7) is 7.48. The van der Waals surface area contributed by atoms with E-state index in [1.807, 2.05) is 36.6 Å². The van der Waals surface area contributed by atoms with E-state index in [1.165, 1.54) is 6.42 Å². The minimum absolute atomic E-state index is 0.124. The van der Waals surface area contributed by atoms with Crippen LogP contribution in [0.4, 0.5) is 10.5 Å². The van der Waals surface area contributed by atoms with Gasteiger partial charge in [0.2, 0.25) is 0 Å². The van der Waals surface area contributed by atoms with E-state index in [-0.39, 0.29) is 12.1 Å². The van der Waals surface area contributed by atoms with E-state index in [9.17, 15) is 4.79 Å². The van der Waals surface area contributed by atoms with Gasteiger partial charge in [0, 0.05) is 41.5 Å². The fraction of sp³-hybridized carbons (Fsp3) is 0.474. The molecule has 0 aliphatic carbocycles. The van der Waals surface area contributed by atoms with Gasteiger partial charge in [0.25, 0.3) is 0 Å². The summed E-state index contributed by atoms with van der Waals surface area (Å²) in [6, 6.07) is 7.99. The van der Waals surface area contributed by atoms with E-state index in [1.54, 1.807) is 11.3 Å². The molecule has 25 heavy (non-hydrogen) atoms. The lowest BCUT2D eigenvalue weighted by Crippen LogP contribution is -2.46. The predicted octanol–water partition coefficient (Wildman–Crippen LogP) is 4.11. The average Bonchev–Trinajstić information content (AvgIpc) is 3.04. The van der Waals surface area contributed by atoms with Crippen LogP contribution in [0.15, 0.2) is 29.6 Å². The molecule has 1 aliphatic rings. The van der Waals surface area contributed by atoms with Gasteiger partial charge in [0.05, 0.1) is 0 Å². The first-order chi connectivity index (χ1) is 12.1. The number of carbonyl (C=O) groups is 1. The van der Waals surface area contributed by atoms with Gasteiger partial charge in [-0.2, -0.15) is 0 Å². The number of nitrogens with zero attached hydrogens (tertiary/aromatic N) is 2. The quantitative estimate of drug-likeness (QED) is 0.845. The fourth-order valence-electron chi connectivity index (χ4n) is 3.19. The number of urea groups is 1. The Labute approximate surface area is 153 Å². The summed E-state index contributed by atoms with van der Waals surface area (Å²) in [5.74, 6) is 0. The average molecular weight is 359 g/mol. The van der Waals surface area contributed by atoms with Crippen LogP contribution in [0.25, 0.3) is 10.6 Å². The molecule has 2 amide bonds. The highest BCUT2D eigenvalue weighted by atomic mass is 32.1. The van der Waals surface area contributed by atoms with Crippen LogP contribution in [-0.4, -0.2) is 41.6 Å². The SMILES string of the molecule is CCCN1CCC(NC(=O)Nc2cccc(-c3nc(C)cs3)c2)CC1. The molecule has 1 aromatic heterocycles. The van der Waals surface area contributed by atoms with Crippen LogP contribution in [0.3, 0.4) is 0 Å². The van der Waals surface area contributed by atoms with E-state index in [0.29, 0.717) is 0 Å². The van der Waals surface area contributed by atoms with E-state index in [2.05, 4.69) is 27.4 Å². The van der Waals surface area contributed by atoms with Gasteiger partial charge < -0.3 is 15.5 Å². The van der Waals surface area contributed by atoms with E-state index >= 15 is 0 Å². The van der Waals surface area contributed by atoms with Crippen LogP contribution in [0.1, 0.15) is 31.9 Å². The first-order valence-corrected chi connectivity index (χ1v) is 9.84. The van der Waals surface area contributed by atoms with Crippen LogP contribution >= 0.6 is 11.3 Å². The molecule has 0 bridgehead atoms. The second-order valence-corrected chi connectivity index (χ2v) is 7.45. The van der Waals surface area contributed by atoms with Gasteiger partial charge in [0.1, 0.15) is 5.01 Å². The Hall–Kier alpha value is -1.92. The number of thiazole rings is 1. The number of hydrogen-bond acceptors (Lipinski definition) is 4. The van der Waals surface area contributed by atoms with Gasteiger partial charge in [-0.15, -0.1) is 11.3 Å². The Morgan fingerprint density at radius 1 is 1.36 bits per heavy atom. The number of amides is 2. The summed E-state index contributed by atoms with van der Waals surface area (Å²) in [5.41, 5.74) is 2.85. The summed E-state index contributed by atoms with van der Waals surface area (Å²) in [5, 5.41) is 9.07. The summed E-state index contributed by atoms with van der Waals surface area (Å²) in [4.78, 5) is 19.3. The number of rotatable bonds is 5. The molecule has 2 heterocycles. The van der Waals surface area contributed by atoms with Crippen molar-refractivity contribution in [1.82, 2.24) is 15.2 Å². The molecule has 134 valence electrons. The van der Waals surface area contributed by atoms with Crippen LogP contribution in [0.2, 0.25) is 0 Å². The topological polar surface area (TPSA) is 57.3 Å². The largest absolute Gasteiger partial charge is 0.335 e. The maximum absolute atomic E-state index is 12.3. The zero-order valence-electron chi connectivity index (χ0n) is 14.9. The first kappa shape index (κ1) is 17.9. The maximum atomic E-state index is 12.3. The van der Waals surface area contributed by atoms with Crippen molar-refractivity contribution in [2.45, 2.75) is 39.2 Å². The maximum Gasteiger partial charge on any atom is 0.319 e. The standard InChI is InChI=1S/C19H26N4OS/c1-3-9-23-10-7-16(8-11-23)21-19(24)22-17-6-4-5-15(12-17)18-20-14(2)13-25-18/h4-6,12-13,16H,3,7-11H2,1-2H3,(H2,21,22,24). The first-order valence-electron chi connectivity index (χ1n) is 8.96. The Morgan fingerprint density at radius 3 is 2.84 bits per heavy atom. The van der Waals surface area contributed by atoms with Gasteiger partial charge in [-0.3, -0.25) is 0 Å². The Kier molecular flexibility index (Phi) is 6.04. The Morgan fingerprint density at radius 2 is 2.16 bits per heavy atom. The van der Waals surface area contributed by atoms with E-state index in [0.717, 1.165) is 54.4 Å². The summed E-state index contributed by atoms with van der Waals surface area (Å²) in [6.07, 6.45) is 3.23. The van der Waals surface area contributed by atoms with Gasteiger partial charge >= 0.3 is 6.03 Å². The predicted molar refractivity (Wildman–Crippen MR) is 104 cm³/mol. The number of aromatic nitrogens is 1. The molecule has 0 spiro atoms. The smallest absolute Gasteiger partial charge is 0.319 e. The number of benzene rings is 1. The molecule has 2 aromatic rings. The lowest BCUT2D eigenvalue weighted by molar-refractivity contribution is 0.196. The van der Waals surface area contributed by atoms with Crippen molar-refractivity contribution in [2.24, 2.45) is 0 Å². The van der Waals surface area contributed by atoms with Crippen molar-refractivity contribution in [3.63, 3.8) is 0 Å². The molecule has 0 atom stereocenters. The van der Waals surface area contributed by atoms with E-state index < -0.39 is 0 Å². The molecule has 6 heteroatoms. The molecule has 1 fully saturated rings. The molecule has 1 aromatic carbocycles. The molecule has 3 rings (SSSR count). The van der Waals surface area contributed by atoms with E-state index in [4.69, 9.17) is 0 Å². The molecule has 0 unspecified atom stereocenters. The molecular formula is C19H26N4OS. The number of carbonyl (C=O) groups excluding carboxylic acids is 1. The third kappa shape index (κ3) is 5.03. The second kappa shape index (κ2) is 8.45. The highest BCUT2D eigenvalue weighted by Crippen LogP contribution is 2.25. The summed E-state index contributed by atoms with van der Waals surface area (Å²) in [7, 11) is 0.